The van der Waals surface area contributed by atoms with Crippen molar-refractivity contribution in [2.45, 2.75) is 6.18 Å². The van der Waals surface area contributed by atoms with Crippen molar-refractivity contribution in [2.75, 3.05) is 12.4 Å². The summed E-state index contributed by atoms with van der Waals surface area (Å²) in [5, 5.41) is 17.5. The number of ether oxygens (including phenoxy) is 1. The van der Waals surface area contributed by atoms with Crippen molar-refractivity contribution in [3.05, 3.63) is 72.2 Å². The summed E-state index contributed by atoms with van der Waals surface area (Å²) in [4.78, 5) is 12.6. The van der Waals surface area contributed by atoms with E-state index in [1.54, 1.807) is 30.5 Å². The summed E-state index contributed by atoms with van der Waals surface area (Å²) >= 11 is 0. The van der Waals surface area contributed by atoms with Gasteiger partial charge in [-0.3, -0.25) is 4.79 Å². The molecule has 158 valence electrons. The number of carbonyl (C=O) groups is 1. The summed E-state index contributed by atoms with van der Waals surface area (Å²) in [5.41, 5.74) is -1.24. The van der Waals surface area contributed by atoms with Crippen LogP contribution < -0.4 is 10.1 Å². The highest BCUT2D eigenvalue weighted by Crippen LogP contribution is 2.33. The van der Waals surface area contributed by atoms with Crippen molar-refractivity contribution in [2.24, 2.45) is 0 Å². The van der Waals surface area contributed by atoms with Gasteiger partial charge in [-0.15, -0.1) is 10.2 Å². The fraction of sp³-hybridized carbons (Fsp3) is 0.105. The van der Waals surface area contributed by atoms with E-state index in [1.807, 2.05) is 6.07 Å². The second kappa shape index (κ2) is 7.89. The van der Waals surface area contributed by atoms with E-state index in [9.17, 15) is 18.0 Å². The molecule has 3 heterocycles. The number of nitrogens with zero attached hydrogens (tertiary/aromatic N) is 6. The number of anilines is 1. The zero-order valence-electron chi connectivity index (χ0n) is 15.9. The molecule has 0 unspecified atom stereocenters. The monoisotopic (exact) mass is 429 g/mol. The molecule has 0 spiro atoms. The maximum absolute atomic E-state index is 13.8. The number of methoxy groups -OCH3 is 1. The highest BCUT2D eigenvalue weighted by molar-refractivity contribution is 6.04. The molecule has 1 aromatic carbocycles. The van der Waals surface area contributed by atoms with Gasteiger partial charge in [-0.05, 0) is 18.2 Å². The van der Waals surface area contributed by atoms with Crippen LogP contribution in [0.4, 0.5) is 19.0 Å². The van der Waals surface area contributed by atoms with Gasteiger partial charge in [-0.1, -0.05) is 18.2 Å². The summed E-state index contributed by atoms with van der Waals surface area (Å²) in [6, 6.07) is 13.1. The van der Waals surface area contributed by atoms with Crippen LogP contribution in [-0.4, -0.2) is 42.8 Å². The minimum Gasteiger partial charge on any atom is -0.480 e. The summed E-state index contributed by atoms with van der Waals surface area (Å²) < 4.78 is 48.1. The Morgan fingerprint density at radius 1 is 1.06 bits per heavy atom. The predicted octanol–water partition coefficient (Wildman–Crippen LogP) is 3.13. The summed E-state index contributed by atoms with van der Waals surface area (Å²) in [6.07, 6.45) is -2.49. The SMILES string of the molecule is COc1ccc(-n2ncc(C(=O)Nc3ccn(-c4ccccc4)n3)c2C(F)(F)F)nn1. The number of nitrogens with one attached hydrogen (secondary N) is 1. The van der Waals surface area contributed by atoms with E-state index in [0.29, 0.717) is 4.68 Å². The Balaban J connectivity index is 1.64. The van der Waals surface area contributed by atoms with Gasteiger partial charge >= 0.3 is 6.18 Å². The quantitative estimate of drug-likeness (QED) is 0.523. The molecule has 0 radical (unpaired) electrons. The van der Waals surface area contributed by atoms with Crippen molar-refractivity contribution in [3.8, 4) is 17.4 Å². The fourth-order valence-electron chi connectivity index (χ4n) is 2.79. The molecule has 4 rings (SSSR count). The molecule has 0 aliphatic carbocycles. The Morgan fingerprint density at radius 3 is 2.48 bits per heavy atom. The summed E-state index contributed by atoms with van der Waals surface area (Å²) in [5.74, 6) is -1.03. The number of amides is 1. The number of para-hydroxylation sites is 1. The smallest absolute Gasteiger partial charge is 0.434 e. The minimum atomic E-state index is -4.88. The van der Waals surface area contributed by atoms with Gasteiger partial charge in [0.1, 0.15) is 0 Å². The van der Waals surface area contributed by atoms with Crippen LogP contribution in [0.1, 0.15) is 16.1 Å². The first-order valence-electron chi connectivity index (χ1n) is 8.82. The highest BCUT2D eigenvalue weighted by Gasteiger charge is 2.41. The Kier molecular flexibility index (Phi) is 5.11. The number of rotatable bonds is 5. The minimum absolute atomic E-state index is 0.0824. The van der Waals surface area contributed by atoms with Gasteiger partial charge in [0, 0.05) is 18.3 Å². The first-order valence-corrected chi connectivity index (χ1v) is 8.82. The van der Waals surface area contributed by atoms with Crippen LogP contribution in [0.3, 0.4) is 0 Å². The second-order valence-electron chi connectivity index (χ2n) is 6.19. The molecule has 0 atom stereocenters. The molecule has 9 nitrogen and oxygen atoms in total. The van der Waals surface area contributed by atoms with Crippen LogP contribution in [0.5, 0.6) is 5.88 Å². The largest absolute Gasteiger partial charge is 0.480 e. The van der Waals surface area contributed by atoms with Gasteiger partial charge in [0.25, 0.3) is 5.91 Å². The van der Waals surface area contributed by atoms with Gasteiger partial charge in [0.05, 0.1) is 24.6 Å². The zero-order chi connectivity index (χ0) is 22.0. The topological polar surface area (TPSA) is 99.8 Å². The molecule has 0 bridgehead atoms. The molecular formula is C19H14F3N7O2. The van der Waals surface area contributed by atoms with Gasteiger partial charge in [-0.25, -0.2) is 9.36 Å². The molecular weight excluding hydrogens is 415 g/mol. The van der Waals surface area contributed by atoms with Crippen LogP contribution >= 0.6 is 0 Å². The fourth-order valence-corrected chi connectivity index (χ4v) is 2.79. The summed E-state index contributed by atoms with van der Waals surface area (Å²) in [7, 11) is 1.35. The number of hydrogen-bond acceptors (Lipinski definition) is 6. The standard InChI is InChI=1S/C19H14F3N7O2/c1-31-16-8-7-15(25-26-16)29-17(19(20,21)22)13(11-23-29)18(30)24-14-9-10-28(27-14)12-5-3-2-4-6-12/h2-11H,1H3,(H,24,27,30). The highest BCUT2D eigenvalue weighted by atomic mass is 19.4. The van der Waals surface area contributed by atoms with E-state index in [1.165, 1.54) is 30.0 Å². The van der Waals surface area contributed by atoms with Crippen molar-refractivity contribution in [3.63, 3.8) is 0 Å². The predicted molar refractivity (Wildman–Crippen MR) is 102 cm³/mol. The maximum atomic E-state index is 13.8. The molecule has 4 aromatic rings. The van der Waals surface area contributed by atoms with Gasteiger partial charge in [-0.2, -0.15) is 23.4 Å². The molecule has 0 saturated carbocycles. The normalized spacial score (nSPS) is 11.4. The zero-order valence-corrected chi connectivity index (χ0v) is 15.9. The molecule has 1 N–H and O–H groups in total. The Bertz CT molecular complexity index is 1200. The van der Waals surface area contributed by atoms with E-state index in [4.69, 9.17) is 4.74 Å². The van der Waals surface area contributed by atoms with E-state index in [2.05, 4.69) is 25.7 Å². The van der Waals surface area contributed by atoms with Gasteiger partial charge in [0.2, 0.25) is 5.88 Å². The number of alkyl halides is 3. The Morgan fingerprint density at radius 2 is 1.84 bits per heavy atom. The van der Waals surface area contributed by atoms with Crippen molar-refractivity contribution >= 4 is 11.7 Å². The van der Waals surface area contributed by atoms with Crippen LogP contribution in [-0.2, 0) is 6.18 Å². The lowest BCUT2D eigenvalue weighted by Crippen LogP contribution is -2.21. The van der Waals surface area contributed by atoms with Crippen LogP contribution in [0, 0.1) is 0 Å². The molecule has 0 fully saturated rings. The number of aromatic nitrogens is 6. The third kappa shape index (κ3) is 4.08. The second-order valence-corrected chi connectivity index (χ2v) is 6.19. The first-order chi connectivity index (χ1) is 14.9. The number of halogens is 3. The lowest BCUT2D eigenvalue weighted by atomic mass is 10.2. The van der Waals surface area contributed by atoms with Gasteiger partial charge < -0.3 is 10.1 Å². The van der Waals surface area contributed by atoms with E-state index < -0.39 is 23.3 Å². The molecule has 0 aliphatic rings. The number of benzene rings is 1. The third-order valence-electron chi connectivity index (χ3n) is 4.19. The third-order valence-corrected chi connectivity index (χ3v) is 4.19. The Labute approximate surface area is 173 Å². The lowest BCUT2D eigenvalue weighted by molar-refractivity contribution is -0.143. The summed E-state index contributed by atoms with van der Waals surface area (Å²) in [6.45, 7) is 0. The maximum Gasteiger partial charge on any atom is 0.434 e. The van der Waals surface area contributed by atoms with E-state index in [-0.39, 0.29) is 17.5 Å². The molecule has 1 amide bonds. The average Bonchev–Trinajstić information content (AvgIpc) is 3.42. The molecule has 3 aromatic heterocycles. The molecule has 0 saturated heterocycles. The van der Waals surface area contributed by atoms with Gasteiger partial charge in [0.15, 0.2) is 17.3 Å². The van der Waals surface area contributed by atoms with Crippen LogP contribution in [0.15, 0.2) is 60.9 Å². The number of hydrogen-bond donors (Lipinski definition) is 1. The molecule has 31 heavy (non-hydrogen) atoms. The molecule has 12 heteroatoms. The van der Waals surface area contributed by atoms with Crippen LogP contribution in [0.25, 0.3) is 11.5 Å². The van der Waals surface area contributed by atoms with Crippen molar-refractivity contribution in [1.82, 2.24) is 29.8 Å². The molecule has 0 aliphatic heterocycles. The van der Waals surface area contributed by atoms with E-state index in [0.717, 1.165) is 11.9 Å². The van der Waals surface area contributed by atoms with Crippen molar-refractivity contribution in [1.29, 1.82) is 0 Å². The average molecular weight is 429 g/mol. The first kappa shape index (κ1) is 20.1. The lowest BCUT2D eigenvalue weighted by Gasteiger charge is -2.11. The Hall–Kier alpha value is -4.22. The van der Waals surface area contributed by atoms with Crippen LogP contribution in [0.2, 0.25) is 0 Å². The number of carbonyl (C=O) groups excluding carboxylic acids is 1. The van der Waals surface area contributed by atoms with Crippen molar-refractivity contribution < 1.29 is 22.7 Å². The van der Waals surface area contributed by atoms with E-state index >= 15 is 0 Å².